The maximum atomic E-state index is 13.4. The van der Waals surface area contributed by atoms with E-state index >= 15 is 0 Å². The summed E-state index contributed by atoms with van der Waals surface area (Å²) in [5.74, 6) is -1.07. The van der Waals surface area contributed by atoms with Crippen molar-refractivity contribution >= 4 is 29.3 Å². The summed E-state index contributed by atoms with van der Waals surface area (Å²) in [5.41, 5.74) is 3.98. The van der Waals surface area contributed by atoms with E-state index in [-0.39, 0.29) is 0 Å². The lowest BCUT2D eigenvalue weighted by Gasteiger charge is -2.20. The van der Waals surface area contributed by atoms with Crippen molar-refractivity contribution in [2.75, 3.05) is 5.32 Å². The number of nitrogens with one attached hydrogen (secondary N) is 1. The molecule has 0 heterocycles. The van der Waals surface area contributed by atoms with Gasteiger partial charge in [0.15, 0.2) is 0 Å². The zero-order chi connectivity index (χ0) is 25.5. The maximum Gasteiger partial charge on any atom is 0.340 e. The fourth-order valence-electron chi connectivity index (χ4n) is 3.63. The zero-order valence-electron chi connectivity index (χ0n) is 19.9. The van der Waals surface area contributed by atoms with E-state index in [0.717, 1.165) is 16.0 Å². The molecule has 1 amide bonds. The molecule has 0 aliphatic heterocycles. The number of anilines is 1. The molecule has 0 fully saturated rings. The van der Waals surface area contributed by atoms with Gasteiger partial charge in [-0.05, 0) is 55.3 Å². The van der Waals surface area contributed by atoms with Gasteiger partial charge in [-0.25, -0.2) is 4.79 Å². The van der Waals surface area contributed by atoms with Crippen LogP contribution in [0.4, 0.5) is 5.69 Å². The smallest absolute Gasteiger partial charge is 0.340 e. The number of hydrogen-bond acceptors (Lipinski definition) is 5. The molecule has 0 bridgehead atoms. The van der Waals surface area contributed by atoms with Crippen LogP contribution in [0.25, 0.3) is 0 Å². The highest BCUT2D eigenvalue weighted by Gasteiger charge is 2.27. The molecule has 1 atom stereocenters. The highest BCUT2D eigenvalue weighted by atomic mass is 32.2. The van der Waals surface area contributed by atoms with E-state index in [2.05, 4.69) is 11.4 Å². The van der Waals surface area contributed by atoms with E-state index in [1.807, 2.05) is 56.3 Å². The topological polar surface area (TPSA) is 79.2 Å². The van der Waals surface area contributed by atoms with Crippen molar-refractivity contribution in [2.45, 2.75) is 29.7 Å². The van der Waals surface area contributed by atoms with Crippen LogP contribution in [0.3, 0.4) is 0 Å². The molecule has 4 rings (SSSR count). The first-order chi connectivity index (χ1) is 17.5. The Hall–Kier alpha value is -4.34. The summed E-state index contributed by atoms with van der Waals surface area (Å²) in [4.78, 5) is 28.1. The lowest BCUT2D eigenvalue weighted by atomic mass is 10.1. The molecule has 1 N–H and O–H groups in total. The first-order valence-electron chi connectivity index (χ1n) is 11.4. The Morgan fingerprint density at radius 1 is 0.861 bits per heavy atom. The molecule has 0 saturated carbocycles. The predicted molar refractivity (Wildman–Crippen MR) is 141 cm³/mol. The average Bonchev–Trinajstić information content (AvgIpc) is 2.90. The van der Waals surface area contributed by atoms with Crippen molar-refractivity contribution in [3.05, 3.63) is 125 Å². The van der Waals surface area contributed by atoms with Gasteiger partial charge in [0.25, 0.3) is 5.91 Å². The number of ether oxygens (including phenoxy) is 1. The molecular formula is C30H24N2O3S. The van der Waals surface area contributed by atoms with Crippen LogP contribution in [0, 0.1) is 25.2 Å². The third-order valence-corrected chi connectivity index (χ3v) is 6.70. The number of esters is 1. The number of hydrogen-bond donors (Lipinski definition) is 1. The fourth-order valence-corrected chi connectivity index (χ4v) is 4.65. The Labute approximate surface area is 214 Å². The summed E-state index contributed by atoms with van der Waals surface area (Å²) in [6.45, 7) is 3.86. The number of carbonyl (C=O) groups is 2. The van der Waals surface area contributed by atoms with Gasteiger partial charge in [0.2, 0.25) is 6.10 Å². The number of amides is 1. The normalized spacial score (nSPS) is 11.2. The molecule has 5 nitrogen and oxygen atoms in total. The van der Waals surface area contributed by atoms with Crippen molar-refractivity contribution in [1.29, 1.82) is 5.26 Å². The quantitative estimate of drug-likeness (QED) is 0.285. The zero-order valence-corrected chi connectivity index (χ0v) is 20.7. The average molecular weight is 493 g/mol. The molecule has 178 valence electrons. The summed E-state index contributed by atoms with van der Waals surface area (Å²) in [5, 5.41) is 12.4. The van der Waals surface area contributed by atoms with Crippen LogP contribution >= 0.6 is 11.8 Å². The van der Waals surface area contributed by atoms with E-state index in [0.29, 0.717) is 27.3 Å². The fraction of sp³-hybridized carbons (Fsp3) is 0.100. The molecule has 0 radical (unpaired) electrons. The Morgan fingerprint density at radius 3 is 2.28 bits per heavy atom. The first-order valence-corrected chi connectivity index (χ1v) is 12.2. The third kappa shape index (κ3) is 5.83. The standard InChI is InChI=1S/C30H24N2O3S/c1-20-16-17-21(2)25(18-20)32-29(33)28(22-10-4-3-5-11-22)35-30(34)24-13-7-9-15-27(24)36-26-14-8-6-12-23(26)19-31/h3-18,28H,1-2H3,(H,32,33)/t28-/m0/s1. The van der Waals surface area contributed by atoms with Gasteiger partial charge in [-0.2, -0.15) is 5.26 Å². The molecule has 4 aromatic carbocycles. The molecule has 0 aliphatic rings. The van der Waals surface area contributed by atoms with Gasteiger partial charge in [0, 0.05) is 21.0 Å². The van der Waals surface area contributed by atoms with Crippen LogP contribution in [0.15, 0.2) is 107 Å². The second-order valence-corrected chi connectivity index (χ2v) is 9.29. The van der Waals surface area contributed by atoms with Crippen molar-refractivity contribution < 1.29 is 14.3 Å². The summed E-state index contributed by atoms with van der Waals surface area (Å²) in [7, 11) is 0. The van der Waals surface area contributed by atoms with Crippen molar-refractivity contribution in [3.8, 4) is 6.07 Å². The molecular weight excluding hydrogens is 468 g/mol. The second-order valence-electron chi connectivity index (χ2n) is 8.21. The molecule has 0 aromatic heterocycles. The number of benzene rings is 4. The number of rotatable bonds is 7. The van der Waals surface area contributed by atoms with Crippen LogP contribution in [0.1, 0.15) is 38.7 Å². The van der Waals surface area contributed by atoms with Crippen molar-refractivity contribution in [1.82, 2.24) is 0 Å². The minimum Gasteiger partial charge on any atom is -0.444 e. The molecule has 0 spiro atoms. The maximum absolute atomic E-state index is 13.4. The SMILES string of the molecule is Cc1ccc(C)c(NC(=O)[C@@H](OC(=O)c2ccccc2Sc2ccccc2C#N)c2ccccc2)c1. The Bertz CT molecular complexity index is 1440. The summed E-state index contributed by atoms with van der Waals surface area (Å²) >= 11 is 1.31. The van der Waals surface area contributed by atoms with Gasteiger partial charge in [-0.3, -0.25) is 4.79 Å². The van der Waals surface area contributed by atoms with Gasteiger partial charge in [-0.15, -0.1) is 0 Å². The van der Waals surface area contributed by atoms with Gasteiger partial charge >= 0.3 is 5.97 Å². The van der Waals surface area contributed by atoms with Crippen LogP contribution in [-0.2, 0) is 9.53 Å². The highest BCUT2D eigenvalue weighted by Crippen LogP contribution is 2.34. The number of carbonyl (C=O) groups excluding carboxylic acids is 2. The summed E-state index contributed by atoms with van der Waals surface area (Å²) < 4.78 is 5.83. The second kappa shape index (κ2) is 11.4. The first kappa shape index (κ1) is 24.8. The van der Waals surface area contributed by atoms with Crippen molar-refractivity contribution in [2.24, 2.45) is 0 Å². The number of nitrogens with zero attached hydrogens (tertiary/aromatic N) is 1. The summed E-state index contributed by atoms with van der Waals surface area (Å²) in [6.07, 6.45) is -1.15. The lowest BCUT2D eigenvalue weighted by molar-refractivity contribution is -0.125. The highest BCUT2D eigenvalue weighted by molar-refractivity contribution is 7.99. The Morgan fingerprint density at radius 2 is 1.53 bits per heavy atom. The predicted octanol–water partition coefficient (Wildman–Crippen LogP) is 6.86. The Kier molecular flexibility index (Phi) is 7.84. The number of aryl methyl sites for hydroxylation is 2. The minimum absolute atomic E-state index is 0.315. The van der Waals surface area contributed by atoms with Gasteiger partial charge in [-0.1, -0.05) is 78.5 Å². The molecule has 0 unspecified atom stereocenters. The number of nitriles is 1. The van der Waals surface area contributed by atoms with Gasteiger partial charge < -0.3 is 10.1 Å². The van der Waals surface area contributed by atoms with E-state index in [1.165, 1.54) is 11.8 Å². The van der Waals surface area contributed by atoms with Gasteiger partial charge in [0.1, 0.15) is 6.07 Å². The van der Waals surface area contributed by atoms with Crippen LogP contribution < -0.4 is 5.32 Å². The molecule has 36 heavy (non-hydrogen) atoms. The minimum atomic E-state index is -1.15. The molecule has 0 saturated heterocycles. The molecule has 0 aliphatic carbocycles. The summed E-state index contributed by atoms with van der Waals surface area (Å²) in [6, 6.07) is 31.1. The van der Waals surface area contributed by atoms with Crippen molar-refractivity contribution in [3.63, 3.8) is 0 Å². The van der Waals surface area contributed by atoms with E-state index in [9.17, 15) is 14.9 Å². The monoisotopic (exact) mass is 492 g/mol. The van der Waals surface area contributed by atoms with Gasteiger partial charge in [0.05, 0.1) is 11.1 Å². The van der Waals surface area contributed by atoms with E-state index in [4.69, 9.17) is 4.74 Å². The van der Waals surface area contributed by atoms with E-state index in [1.54, 1.807) is 54.6 Å². The largest absolute Gasteiger partial charge is 0.444 e. The van der Waals surface area contributed by atoms with Crippen LogP contribution in [0.5, 0.6) is 0 Å². The third-order valence-electron chi connectivity index (χ3n) is 5.55. The van der Waals surface area contributed by atoms with Crippen LogP contribution in [-0.4, -0.2) is 11.9 Å². The van der Waals surface area contributed by atoms with E-state index < -0.39 is 18.0 Å². The van der Waals surface area contributed by atoms with Crippen LogP contribution in [0.2, 0.25) is 0 Å². The lowest BCUT2D eigenvalue weighted by Crippen LogP contribution is -2.26. The molecule has 6 heteroatoms. The Balaban J connectivity index is 1.63. The molecule has 4 aromatic rings.